The zero-order chi connectivity index (χ0) is 19.3. The van der Waals surface area contributed by atoms with Gasteiger partial charge in [-0.25, -0.2) is 17.9 Å². The molecule has 1 amide bonds. The Morgan fingerprint density at radius 1 is 1.08 bits per heavy atom. The number of nitrogens with one attached hydrogen (secondary N) is 2. The first-order chi connectivity index (χ1) is 12.2. The van der Waals surface area contributed by atoms with E-state index >= 15 is 0 Å². The predicted octanol–water partition coefficient (Wildman–Crippen LogP) is 2.20. The molecule has 0 atom stereocenters. The summed E-state index contributed by atoms with van der Waals surface area (Å²) < 4.78 is 26.8. The SMILES string of the molecule is CC(C)NS(=O)(=O)Cc1ccccc1CNC(=O)c1ccc(C(=O)O)s1. The van der Waals surface area contributed by atoms with E-state index in [0.29, 0.717) is 11.1 Å². The molecule has 0 fully saturated rings. The highest BCUT2D eigenvalue weighted by molar-refractivity contribution is 7.88. The van der Waals surface area contributed by atoms with Crippen molar-refractivity contribution in [3.05, 3.63) is 57.3 Å². The average molecular weight is 396 g/mol. The zero-order valence-electron chi connectivity index (χ0n) is 14.4. The maximum absolute atomic E-state index is 12.2. The molecule has 0 saturated heterocycles. The molecular formula is C17H20N2O5S2. The van der Waals surface area contributed by atoms with Crippen molar-refractivity contribution in [2.45, 2.75) is 32.2 Å². The third-order valence-electron chi connectivity index (χ3n) is 3.36. The van der Waals surface area contributed by atoms with Crippen molar-refractivity contribution in [1.29, 1.82) is 0 Å². The molecule has 1 aromatic carbocycles. The molecule has 2 aromatic rings. The highest BCUT2D eigenvalue weighted by Crippen LogP contribution is 2.17. The van der Waals surface area contributed by atoms with E-state index in [1.807, 2.05) is 0 Å². The fourth-order valence-electron chi connectivity index (χ4n) is 2.31. The molecule has 26 heavy (non-hydrogen) atoms. The molecule has 0 spiro atoms. The summed E-state index contributed by atoms with van der Waals surface area (Å²) in [6.45, 7) is 3.64. The molecule has 1 heterocycles. The number of thiophene rings is 1. The van der Waals surface area contributed by atoms with Crippen LogP contribution in [-0.4, -0.2) is 31.4 Å². The van der Waals surface area contributed by atoms with E-state index in [2.05, 4.69) is 10.0 Å². The Morgan fingerprint density at radius 3 is 2.27 bits per heavy atom. The van der Waals surface area contributed by atoms with Crippen LogP contribution < -0.4 is 10.0 Å². The van der Waals surface area contributed by atoms with Gasteiger partial charge in [0.1, 0.15) is 4.88 Å². The number of carbonyl (C=O) groups is 2. The number of carbonyl (C=O) groups excluding carboxylic acids is 1. The summed E-state index contributed by atoms with van der Waals surface area (Å²) in [4.78, 5) is 23.4. The van der Waals surface area contributed by atoms with Crippen molar-refractivity contribution in [1.82, 2.24) is 10.0 Å². The molecule has 0 radical (unpaired) electrons. The Morgan fingerprint density at radius 2 is 1.69 bits per heavy atom. The van der Waals surface area contributed by atoms with Gasteiger partial charge in [-0.2, -0.15) is 0 Å². The first kappa shape index (κ1) is 20.1. The topological polar surface area (TPSA) is 113 Å². The normalized spacial score (nSPS) is 11.5. The molecule has 140 valence electrons. The molecule has 2 rings (SSSR count). The van der Waals surface area contributed by atoms with Gasteiger partial charge >= 0.3 is 5.97 Å². The first-order valence-corrected chi connectivity index (χ1v) is 10.3. The lowest BCUT2D eigenvalue weighted by Gasteiger charge is -2.13. The Hall–Kier alpha value is -2.23. The van der Waals surface area contributed by atoms with Crippen LogP contribution >= 0.6 is 11.3 Å². The second kappa shape index (κ2) is 8.43. The summed E-state index contributed by atoms with van der Waals surface area (Å²) >= 11 is 0.888. The number of carboxylic acids is 1. The second-order valence-corrected chi connectivity index (χ2v) is 8.79. The van der Waals surface area contributed by atoms with Crippen molar-refractivity contribution in [3.63, 3.8) is 0 Å². The van der Waals surface area contributed by atoms with Gasteiger partial charge in [0.05, 0.1) is 10.6 Å². The molecule has 0 bridgehead atoms. The maximum Gasteiger partial charge on any atom is 0.345 e. The van der Waals surface area contributed by atoms with Crippen molar-refractivity contribution in [2.24, 2.45) is 0 Å². The highest BCUT2D eigenvalue weighted by Gasteiger charge is 2.17. The van der Waals surface area contributed by atoms with Crippen molar-refractivity contribution < 1.29 is 23.1 Å². The van der Waals surface area contributed by atoms with Crippen LogP contribution in [-0.2, 0) is 22.3 Å². The van der Waals surface area contributed by atoms with Gasteiger partial charge in [0.15, 0.2) is 0 Å². The van der Waals surface area contributed by atoms with E-state index in [4.69, 9.17) is 5.11 Å². The average Bonchev–Trinajstić information content (AvgIpc) is 3.02. The highest BCUT2D eigenvalue weighted by atomic mass is 32.2. The lowest BCUT2D eigenvalue weighted by Crippen LogP contribution is -2.31. The van der Waals surface area contributed by atoms with Gasteiger partial charge in [0.2, 0.25) is 10.0 Å². The summed E-state index contributed by atoms with van der Waals surface area (Å²) in [6, 6.07) is 9.58. The molecule has 3 N–H and O–H groups in total. The number of aromatic carboxylic acids is 1. The van der Waals surface area contributed by atoms with Crippen LogP contribution in [0.5, 0.6) is 0 Å². The molecule has 7 nitrogen and oxygen atoms in total. The molecule has 0 aliphatic carbocycles. The van der Waals surface area contributed by atoms with Gasteiger partial charge in [0.25, 0.3) is 5.91 Å². The van der Waals surface area contributed by atoms with E-state index < -0.39 is 21.9 Å². The molecule has 0 aliphatic rings. The quantitative estimate of drug-likeness (QED) is 0.633. The number of hydrogen-bond donors (Lipinski definition) is 3. The minimum Gasteiger partial charge on any atom is -0.477 e. The Kier molecular flexibility index (Phi) is 6.52. The Labute approximate surface area is 156 Å². The van der Waals surface area contributed by atoms with Gasteiger partial charge in [-0.15, -0.1) is 11.3 Å². The molecule has 9 heteroatoms. The van der Waals surface area contributed by atoms with Gasteiger partial charge in [-0.05, 0) is 37.1 Å². The minimum absolute atomic E-state index is 0.0846. The predicted molar refractivity (Wildman–Crippen MR) is 99.8 cm³/mol. The number of rotatable bonds is 8. The zero-order valence-corrected chi connectivity index (χ0v) is 16.0. The Balaban J connectivity index is 2.08. The third kappa shape index (κ3) is 5.65. The monoisotopic (exact) mass is 396 g/mol. The van der Waals surface area contributed by atoms with Gasteiger partial charge < -0.3 is 10.4 Å². The lowest BCUT2D eigenvalue weighted by atomic mass is 10.1. The molecule has 1 aromatic heterocycles. The molecule has 0 saturated carbocycles. The van der Waals surface area contributed by atoms with E-state index in [-0.39, 0.29) is 28.1 Å². The third-order valence-corrected chi connectivity index (χ3v) is 5.95. The van der Waals surface area contributed by atoms with E-state index in [1.54, 1.807) is 38.1 Å². The summed E-state index contributed by atoms with van der Waals surface area (Å²) in [6.07, 6.45) is 0. The Bertz CT molecular complexity index is 903. The van der Waals surface area contributed by atoms with E-state index in [9.17, 15) is 18.0 Å². The lowest BCUT2D eigenvalue weighted by molar-refractivity contribution is 0.0702. The van der Waals surface area contributed by atoms with Gasteiger partial charge in [-0.3, -0.25) is 4.79 Å². The summed E-state index contributed by atoms with van der Waals surface area (Å²) in [7, 11) is -3.48. The van der Waals surface area contributed by atoms with Gasteiger partial charge in [0, 0.05) is 12.6 Å². The summed E-state index contributed by atoms with van der Waals surface area (Å²) in [5.74, 6) is -1.66. The number of sulfonamides is 1. The van der Waals surface area contributed by atoms with Crippen LogP contribution in [0.3, 0.4) is 0 Å². The number of amides is 1. The smallest absolute Gasteiger partial charge is 0.345 e. The summed E-state index contributed by atoms with van der Waals surface area (Å²) in [5, 5.41) is 11.6. The summed E-state index contributed by atoms with van der Waals surface area (Å²) in [5.41, 5.74) is 1.28. The van der Waals surface area contributed by atoms with Crippen LogP contribution in [0.15, 0.2) is 36.4 Å². The van der Waals surface area contributed by atoms with Crippen LogP contribution in [0, 0.1) is 0 Å². The second-order valence-electron chi connectivity index (χ2n) is 5.95. The minimum atomic E-state index is -3.48. The molecule has 0 unspecified atom stereocenters. The first-order valence-electron chi connectivity index (χ1n) is 7.86. The van der Waals surface area contributed by atoms with Crippen LogP contribution in [0.1, 0.15) is 44.3 Å². The van der Waals surface area contributed by atoms with Gasteiger partial charge in [-0.1, -0.05) is 24.3 Å². The number of benzene rings is 1. The fraction of sp³-hybridized carbons (Fsp3) is 0.294. The molecular weight excluding hydrogens is 376 g/mol. The van der Waals surface area contributed by atoms with E-state index in [0.717, 1.165) is 11.3 Å². The molecule has 0 aliphatic heterocycles. The number of carboxylic acid groups (broad SMARTS) is 1. The van der Waals surface area contributed by atoms with Crippen molar-refractivity contribution >= 4 is 33.2 Å². The van der Waals surface area contributed by atoms with Crippen molar-refractivity contribution in [2.75, 3.05) is 0 Å². The number of hydrogen-bond acceptors (Lipinski definition) is 5. The van der Waals surface area contributed by atoms with Crippen LogP contribution in [0.2, 0.25) is 0 Å². The van der Waals surface area contributed by atoms with Crippen molar-refractivity contribution in [3.8, 4) is 0 Å². The van der Waals surface area contributed by atoms with E-state index in [1.165, 1.54) is 12.1 Å². The van der Waals surface area contributed by atoms with Crippen LogP contribution in [0.4, 0.5) is 0 Å². The van der Waals surface area contributed by atoms with Crippen LogP contribution in [0.25, 0.3) is 0 Å². The largest absolute Gasteiger partial charge is 0.477 e. The maximum atomic E-state index is 12.2. The fourth-order valence-corrected chi connectivity index (χ4v) is 4.57. The standard InChI is InChI=1S/C17H20N2O5S2/c1-11(2)19-26(23,24)10-13-6-4-3-5-12(13)9-18-16(20)14-7-8-15(25-14)17(21)22/h3-8,11,19H,9-10H2,1-2H3,(H,18,20)(H,21,22).